The lowest BCUT2D eigenvalue weighted by Crippen LogP contribution is -2.55. The first-order valence-corrected chi connectivity index (χ1v) is 18.8. The molecule has 0 aliphatic heterocycles. The zero-order valence-corrected chi connectivity index (χ0v) is 30.5. The number of aliphatic hydroxyl groups excluding tert-OH is 1. The van der Waals surface area contributed by atoms with Crippen LogP contribution >= 0.6 is 11.8 Å². The molecule has 0 saturated heterocycles. The number of ether oxygens (including phenoxy) is 1. The van der Waals surface area contributed by atoms with Gasteiger partial charge in [-0.25, -0.2) is 4.79 Å². The molecule has 0 radical (unpaired) electrons. The number of hydrogen-bond acceptors (Lipinski definition) is 6. The molecule has 2 amide bonds. The van der Waals surface area contributed by atoms with Crippen LogP contribution in [0, 0.1) is 5.92 Å². The number of hydrogen-bond donors (Lipinski definition) is 4. The number of fused-ring (bicyclic) bond motifs is 3. The van der Waals surface area contributed by atoms with Gasteiger partial charge in [-0.05, 0) is 44.9 Å². The first-order valence-electron chi connectivity index (χ1n) is 17.8. The summed E-state index contributed by atoms with van der Waals surface area (Å²) in [6.07, 6.45) is -2.64. The highest BCUT2D eigenvalue weighted by Gasteiger charge is 2.39. The fourth-order valence-corrected chi connectivity index (χ4v) is 8.78. The average molecular weight is 729 g/mol. The molecular formula is C44H44N2O6S. The standard InChI is InChI=1S/C44H44N2O6S/c1-29(2)41(39(47)26-40(48)49)46-42(50)38(45-43(51)52-27-37-35-24-14-12-22-33(35)34-23-13-15-25-36(34)37)28-53-44(30-16-6-3-7-17-30,31-18-8-4-9-19-31)32-20-10-5-11-21-32/h3-25,29,37-39,41,47H,26-28H2,1-2H3,(H,45,51)(H,46,50)(H,48,49)/t38-,39?,41?/m1/s1. The second kappa shape index (κ2) is 17.0. The van der Waals surface area contributed by atoms with Gasteiger partial charge in [0.25, 0.3) is 0 Å². The smallest absolute Gasteiger partial charge is 0.407 e. The quantitative estimate of drug-likeness (QED) is 0.0819. The summed E-state index contributed by atoms with van der Waals surface area (Å²) in [5, 5.41) is 25.9. The van der Waals surface area contributed by atoms with E-state index in [4.69, 9.17) is 4.74 Å². The van der Waals surface area contributed by atoms with Crippen molar-refractivity contribution in [1.82, 2.24) is 10.6 Å². The van der Waals surface area contributed by atoms with E-state index in [1.54, 1.807) is 13.8 Å². The van der Waals surface area contributed by atoms with Crippen LogP contribution in [0.15, 0.2) is 140 Å². The molecule has 5 aromatic rings. The third-order valence-electron chi connectivity index (χ3n) is 9.79. The minimum absolute atomic E-state index is 0.0648. The Morgan fingerprint density at radius 2 is 1.15 bits per heavy atom. The Hall–Kier alpha value is -5.38. The van der Waals surface area contributed by atoms with Crippen LogP contribution in [-0.4, -0.2) is 58.7 Å². The summed E-state index contributed by atoms with van der Waals surface area (Å²) in [6.45, 7) is 3.66. The molecule has 6 rings (SSSR count). The van der Waals surface area contributed by atoms with Crippen LogP contribution in [0.3, 0.4) is 0 Å². The molecule has 3 atom stereocenters. The zero-order valence-electron chi connectivity index (χ0n) is 29.7. The van der Waals surface area contributed by atoms with Gasteiger partial charge in [0.2, 0.25) is 5.91 Å². The van der Waals surface area contributed by atoms with Crippen LogP contribution in [0.4, 0.5) is 4.79 Å². The monoisotopic (exact) mass is 728 g/mol. The Kier molecular flexibility index (Phi) is 12.0. The number of benzene rings is 5. The third-order valence-corrected chi connectivity index (χ3v) is 11.4. The highest BCUT2D eigenvalue weighted by atomic mass is 32.2. The third kappa shape index (κ3) is 8.32. The number of amides is 2. The SMILES string of the molecule is CC(C)C(NC(=O)[C@@H](CSC(c1ccccc1)(c1ccccc1)c1ccccc1)NC(=O)OCC1c2ccccc2-c2ccccc21)C(O)CC(=O)O. The molecule has 8 nitrogen and oxygen atoms in total. The summed E-state index contributed by atoms with van der Waals surface area (Å²) in [4.78, 5) is 39.5. The number of carboxylic acids is 1. The number of carbonyl (C=O) groups is 3. The van der Waals surface area contributed by atoms with E-state index in [2.05, 4.69) is 59.2 Å². The van der Waals surface area contributed by atoms with Crippen molar-refractivity contribution in [2.75, 3.05) is 12.4 Å². The minimum atomic E-state index is -1.34. The average Bonchev–Trinajstić information content (AvgIpc) is 3.50. The minimum Gasteiger partial charge on any atom is -0.481 e. The molecule has 0 aromatic heterocycles. The van der Waals surface area contributed by atoms with Crippen molar-refractivity contribution >= 4 is 29.7 Å². The molecule has 1 aliphatic carbocycles. The maximum atomic E-state index is 14.2. The fourth-order valence-electron chi connectivity index (χ4n) is 7.22. The highest BCUT2D eigenvalue weighted by molar-refractivity contribution is 8.00. The first-order chi connectivity index (χ1) is 25.7. The Morgan fingerprint density at radius 3 is 1.60 bits per heavy atom. The molecular weight excluding hydrogens is 685 g/mol. The molecule has 4 N–H and O–H groups in total. The van der Waals surface area contributed by atoms with Crippen molar-refractivity contribution in [3.8, 4) is 11.1 Å². The Morgan fingerprint density at radius 1 is 0.698 bits per heavy atom. The molecule has 5 aromatic carbocycles. The predicted molar refractivity (Wildman–Crippen MR) is 209 cm³/mol. The second-order valence-electron chi connectivity index (χ2n) is 13.6. The van der Waals surface area contributed by atoms with Gasteiger partial charge in [0.15, 0.2) is 0 Å². The van der Waals surface area contributed by atoms with Gasteiger partial charge in [-0.3, -0.25) is 9.59 Å². The zero-order chi connectivity index (χ0) is 37.4. The number of aliphatic carboxylic acids is 1. The van der Waals surface area contributed by atoms with E-state index < -0.39 is 47.3 Å². The summed E-state index contributed by atoms with van der Waals surface area (Å²) < 4.78 is 5.11. The Balaban J connectivity index is 1.31. The lowest BCUT2D eigenvalue weighted by molar-refractivity contribution is -0.140. The van der Waals surface area contributed by atoms with E-state index in [1.165, 1.54) is 11.8 Å². The van der Waals surface area contributed by atoms with Crippen LogP contribution in [0.5, 0.6) is 0 Å². The molecule has 0 fully saturated rings. The van der Waals surface area contributed by atoms with Crippen LogP contribution < -0.4 is 10.6 Å². The van der Waals surface area contributed by atoms with Crippen molar-refractivity contribution in [3.05, 3.63) is 167 Å². The molecule has 0 heterocycles. The number of thioether (sulfide) groups is 1. The van der Waals surface area contributed by atoms with Gasteiger partial charge in [-0.1, -0.05) is 153 Å². The van der Waals surface area contributed by atoms with Gasteiger partial charge in [-0.15, -0.1) is 11.8 Å². The van der Waals surface area contributed by atoms with E-state index in [1.807, 2.05) is 91.0 Å². The lowest BCUT2D eigenvalue weighted by atomic mass is 9.84. The second-order valence-corrected chi connectivity index (χ2v) is 14.8. The fraction of sp³-hybridized carbons (Fsp3) is 0.250. The van der Waals surface area contributed by atoms with Gasteiger partial charge in [0, 0.05) is 11.7 Å². The maximum Gasteiger partial charge on any atom is 0.407 e. The van der Waals surface area contributed by atoms with Crippen LogP contribution in [0.1, 0.15) is 54.0 Å². The largest absolute Gasteiger partial charge is 0.481 e. The summed E-state index contributed by atoms with van der Waals surface area (Å²) >= 11 is 1.50. The molecule has 2 unspecified atom stereocenters. The topological polar surface area (TPSA) is 125 Å². The molecule has 9 heteroatoms. The summed E-state index contributed by atoms with van der Waals surface area (Å²) in [6, 6.07) is 44.2. The van der Waals surface area contributed by atoms with Gasteiger partial charge in [-0.2, -0.15) is 0 Å². The maximum absolute atomic E-state index is 14.2. The van der Waals surface area contributed by atoms with Crippen molar-refractivity contribution in [3.63, 3.8) is 0 Å². The van der Waals surface area contributed by atoms with Gasteiger partial charge >= 0.3 is 12.1 Å². The van der Waals surface area contributed by atoms with Crippen LogP contribution in [-0.2, 0) is 19.1 Å². The predicted octanol–water partition coefficient (Wildman–Crippen LogP) is 7.60. The molecule has 53 heavy (non-hydrogen) atoms. The Bertz CT molecular complexity index is 1860. The van der Waals surface area contributed by atoms with Crippen molar-refractivity contribution < 1.29 is 29.3 Å². The molecule has 1 aliphatic rings. The number of carbonyl (C=O) groups excluding carboxylic acids is 2. The molecule has 0 spiro atoms. The van der Waals surface area contributed by atoms with Crippen molar-refractivity contribution in [2.45, 2.75) is 49.1 Å². The summed E-state index contributed by atoms with van der Waals surface area (Å²) in [5.74, 6) is -2.10. The van der Waals surface area contributed by atoms with Crippen molar-refractivity contribution in [2.24, 2.45) is 5.92 Å². The van der Waals surface area contributed by atoms with E-state index in [9.17, 15) is 24.6 Å². The van der Waals surface area contributed by atoms with E-state index in [0.717, 1.165) is 38.9 Å². The number of carboxylic acid groups (broad SMARTS) is 1. The van der Waals surface area contributed by atoms with Crippen LogP contribution in [0.25, 0.3) is 11.1 Å². The number of alkyl carbamates (subject to hydrolysis) is 1. The van der Waals surface area contributed by atoms with Gasteiger partial charge < -0.3 is 25.6 Å². The Labute approximate surface area is 314 Å². The molecule has 0 bridgehead atoms. The first kappa shape index (κ1) is 37.4. The van der Waals surface area contributed by atoms with E-state index in [-0.39, 0.29) is 24.2 Å². The molecule has 0 saturated carbocycles. The van der Waals surface area contributed by atoms with E-state index in [0.29, 0.717) is 0 Å². The van der Waals surface area contributed by atoms with Crippen LogP contribution in [0.2, 0.25) is 0 Å². The highest BCUT2D eigenvalue weighted by Crippen LogP contribution is 2.49. The number of rotatable bonds is 15. The number of nitrogens with one attached hydrogen (secondary N) is 2. The van der Waals surface area contributed by atoms with Crippen molar-refractivity contribution in [1.29, 1.82) is 0 Å². The number of aliphatic hydroxyl groups is 1. The summed E-state index contributed by atoms with van der Waals surface area (Å²) in [5.41, 5.74) is 7.29. The molecule has 272 valence electrons. The summed E-state index contributed by atoms with van der Waals surface area (Å²) in [7, 11) is 0. The normalized spacial score (nSPS) is 14.0. The van der Waals surface area contributed by atoms with Gasteiger partial charge in [0.1, 0.15) is 12.6 Å². The lowest BCUT2D eigenvalue weighted by Gasteiger charge is -2.37. The van der Waals surface area contributed by atoms with Gasteiger partial charge in [0.05, 0.1) is 23.3 Å². The van der Waals surface area contributed by atoms with E-state index >= 15 is 0 Å².